The maximum absolute atomic E-state index is 11.8. The van der Waals surface area contributed by atoms with Crippen molar-refractivity contribution in [2.24, 2.45) is 0 Å². The van der Waals surface area contributed by atoms with Crippen molar-refractivity contribution in [2.45, 2.75) is 33.9 Å². The molecular weight excluding hydrogens is 232 g/mol. The van der Waals surface area contributed by atoms with E-state index in [9.17, 15) is 14.6 Å². The van der Waals surface area contributed by atoms with Crippen molar-refractivity contribution in [3.8, 4) is 0 Å². The second-order valence-corrected chi connectivity index (χ2v) is 4.27. The Balaban J connectivity index is 2.97. The Labute approximate surface area is 108 Å². The lowest BCUT2D eigenvalue weighted by molar-refractivity contribution is -0.130. The normalized spacial score (nSPS) is 15.2. The van der Waals surface area contributed by atoms with Crippen molar-refractivity contribution in [3.05, 3.63) is 22.5 Å². The summed E-state index contributed by atoms with van der Waals surface area (Å²) in [6, 6.07) is 0. The number of hydrogen-bond acceptors (Lipinski definition) is 5. The first-order valence-electron chi connectivity index (χ1n) is 5.94. The third kappa shape index (κ3) is 3.04. The average molecular weight is 249 g/mol. The molecule has 2 N–H and O–H groups in total. The van der Waals surface area contributed by atoms with Crippen molar-refractivity contribution in [2.75, 3.05) is 0 Å². The summed E-state index contributed by atoms with van der Waals surface area (Å²) in [6.45, 7) is 5.59. The lowest BCUT2D eigenvalue weighted by Gasteiger charge is -2.23. The zero-order valence-electron chi connectivity index (χ0n) is 11.2. The molecule has 0 aromatic carbocycles. The molecule has 0 bridgehead atoms. The van der Waals surface area contributed by atoms with Gasteiger partial charge < -0.3 is 19.8 Å². The van der Waals surface area contributed by atoms with E-state index in [-0.39, 0.29) is 19.6 Å². The molecule has 0 saturated heterocycles. The molecule has 1 heterocycles. The van der Waals surface area contributed by atoms with Crippen LogP contribution in [0.15, 0.2) is 22.5 Å². The maximum atomic E-state index is 11.8. The predicted molar refractivity (Wildman–Crippen MR) is 71.1 cm³/mol. The van der Waals surface area contributed by atoms with Crippen LogP contribution >= 0.6 is 0 Å². The van der Waals surface area contributed by atoms with Crippen LogP contribution in [0.25, 0.3) is 0 Å². The zero-order chi connectivity index (χ0) is 13.9. The fourth-order valence-electron chi connectivity index (χ4n) is 1.84. The van der Waals surface area contributed by atoms with Crippen LogP contribution in [0.4, 0.5) is 0 Å². The number of carbonyl (C=O) groups excluding carboxylic acids is 2. The minimum Gasteiger partial charge on any atom is -0.537 e. The van der Waals surface area contributed by atoms with Gasteiger partial charge in [-0.1, -0.05) is 13.6 Å². The first kappa shape index (κ1) is 14.6. The Hall–Kier alpha value is -1.49. The highest BCUT2D eigenvalue weighted by molar-refractivity contribution is 6.86. The van der Waals surface area contributed by atoms with Crippen molar-refractivity contribution in [1.29, 1.82) is 0 Å². The molecule has 1 aliphatic heterocycles. The van der Waals surface area contributed by atoms with Crippen LogP contribution in [0.5, 0.6) is 0 Å². The minimum absolute atomic E-state index is 0.202. The largest absolute Gasteiger partial charge is 0.537 e. The maximum Gasteiger partial charge on any atom is 0.369 e. The molecule has 0 fully saturated rings. The highest BCUT2D eigenvalue weighted by Gasteiger charge is 2.28. The first-order chi connectivity index (χ1) is 8.38. The molecule has 0 radical (unpaired) electrons. The summed E-state index contributed by atoms with van der Waals surface area (Å²) in [6.07, 6.45) is 0.202. The van der Waals surface area contributed by atoms with E-state index in [0.29, 0.717) is 22.5 Å². The van der Waals surface area contributed by atoms with E-state index in [1.165, 1.54) is 6.82 Å². The molecule has 18 heavy (non-hydrogen) atoms. The van der Waals surface area contributed by atoms with E-state index < -0.39 is 12.9 Å². The van der Waals surface area contributed by atoms with Gasteiger partial charge in [0, 0.05) is 23.4 Å². The molecule has 1 rings (SSSR count). The van der Waals surface area contributed by atoms with Gasteiger partial charge in [0.2, 0.25) is 0 Å². The number of rotatable bonds is 4. The van der Waals surface area contributed by atoms with Crippen molar-refractivity contribution in [3.63, 3.8) is 0 Å². The fourth-order valence-corrected chi connectivity index (χ4v) is 1.84. The molecule has 7 heteroatoms. The molecule has 5 nitrogen and oxygen atoms in total. The number of carbonyl (C=O) groups is 2. The summed E-state index contributed by atoms with van der Waals surface area (Å²) in [7, 11) is 0.290. The summed E-state index contributed by atoms with van der Waals surface area (Å²) < 4.78 is 4.94. The standard InChI is InChI=1S/C11H17B2NO4/c1-6-8(10(15)13(4)17)5-9(7(2)14-6)11(16)18-12-3/h12,14,17H,5H2,1-4H3. The monoisotopic (exact) mass is 249 g/mol. The first-order valence-corrected chi connectivity index (χ1v) is 5.94. The van der Waals surface area contributed by atoms with E-state index in [0.717, 1.165) is 0 Å². The van der Waals surface area contributed by atoms with E-state index in [1.807, 2.05) is 0 Å². The molecule has 0 aromatic heterocycles. The van der Waals surface area contributed by atoms with Crippen molar-refractivity contribution >= 4 is 26.0 Å². The summed E-state index contributed by atoms with van der Waals surface area (Å²) in [4.78, 5) is 23.6. The smallest absolute Gasteiger partial charge is 0.369 e. The molecule has 0 aromatic rings. The summed E-state index contributed by atoms with van der Waals surface area (Å²) in [5, 5.41) is 12.3. The molecule has 0 amide bonds. The van der Waals surface area contributed by atoms with Gasteiger partial charge in [0.05, 0.1) is 5.57 Å². The van der Waals surface area contributed by atoms with Crippen molar-refractivity contribution in [1.82, 2.24) is 5.32 Å². The quantitative estimate of drug-likeness (QED) is 0.695. The lowest BCUT2D eigenvalue weighted by Crippen LogP contribution is -2.31. The van der Waals surface area contributed by atoms with E-state index in [4.69, 9.17) is 4.65 Å². The molecule has 0 saturated carbocycles. The van der Waals surface area contributed by atoms with Gasteiger partial charge in [0.15, 0.2) is 5.68 Å². The molecular formula is C11H17B2NO4. The summed E-state index contributed by atoms with van der Waals surface area (Å²) in [5.74, 6) is -0.425. The molecule has 1 aliphatic rings. The Morgan fingerprint density at radius 3 is 2.39 bits per heavy atom. The molecule has 0 unspecified atom stereocenters. The Morgan fingerprint density at radius 1 is 1.33 bits per heavy atom. The number of allylic oxidation sites excluding steroid dienone is 3. The number of hydrogen-bond donors (Lipinski definition) is 2. The fraction of sp³-hybridized carbons (Fsp3) is 0.455. The number of nitrogens with one attached hydrogen (secondary N) is 1. The number of dihydropyridines is 1. The van der Waals surface area contributed by atoms with Crippen LogP contribution in [0, 0.1) is 0 Å². The SMILES string of the molecule is CBOC(=O)C1=C(C)NC(C)=C(C(=O)B(C)O)C1. The third-order valence-corrected chi connectivity index (χ3v) is 2.83. The van der Waals surface area contributed by atoms with Gasteiger partial charge in [0.25, 0.3) is 0 Å². The van der Waals surface area contributed by atoms with Gasteiger partial charge in [-0.25, -0.2) is 4.79 Å². The molecule has 0 aliphatic carbocycles. The highest BCUT2D eigenvalue weighted by Crippen LogP contribution is 2.24. The molecule has 96 valence electrons. The van der Waals surface area contributed by atoms with Gasteiger partial charge in [-0.05, 0) is 13.8 Å². The third-order valence-electron chi connectivity index (χ3n) is 2.83. The van der Waals surface area contributed by atoms with Crippen LogP contribution < -0.4 is 5.32 Å². The molecule has 0 spiro atoms. The Kier molecular flexibility index (Phi) is 4.78. The van der Waals surface area contributed by atoms with Gasteiger partial charge in [-0.2, -0.15) is 0 Å². The Morgan fingerprint density at radius 2 is 1.89 bits per heavy atom. The van der Waals surface area contributed by atoms with Crippen LogP contribution in [0.2, 0.25) is 13.6 Å². The van der Waals surface area contributed by atoms with Crippen LogP contribution in [0.3, 0.4) is 0 Å². The average Bonchev–Trinajstić information content (AvgIpc) is 2.28. The lowest BCUT2D eigenvalue weighted by atomic mass is 9.63. The predicted octanol–water partition coefficient (Wildman–Crippen LogP) is 0.192. The van der Waals surface area contributed by atoms with Crippen LogP contribution in [-0.4, -0.2) is 31.1 Å². The Bertz CT molecular complexity index is 440. The topological polar surface area (TPSA) is 75.6 Å². The second-order valence-electron chi connectivity index (χ2n) is 4.27. The van der Waals surface area contributed by atoms with E-state index in [1.54, 1.807) is 20.7 Å². The summed E-state index contributed by atoms with van der Waals surface area (Å²) in [5.41, 5.74) is 1.86. The van der Waals surface area contributed by atoms with Crippen LogP contribution in [-0.2, 0) is 14.2 Å². The van der Waals surface area contributed by atoms with Crippen molar-refractivity contribution < 1.29 is 19.3 Å². The van der Waals surface area contributed by atoms with Gasteiger partial charge in [-0.15, -0.1) is 0 Å². The minimum atomic E-state index is -1.07. The molecule has 0 atom stereocenters. The van der Waals surface area contributed by atoms with Gasteiger partial charge in [0.1, 0.15) is 0 Å². The second kappa shape index (κ2) is 5.91. The van der Waals surface area contributed by atoms with Crippen LogP contribution in [0.1, 0.15) is 20.3 Å². The summed E-state index contributed by atoms with van der Waals surface area (Å²) >= 11 is 0. The van der Waals surface area contributed by atoms with Gasteiger partial charge in [-0.3, -0.25) is 0 Å². The highest BCUT2D eigenvalue weighted by atomic mass is 16.5. The van der Waals surface area contributed by atoms with E-state index >= 15 is 0 Å². The zero-order valence-corrected chi connectivity index (χ0v) is 11.2. The van der Waals surface area contributed by atoms with Gasteiger partial charge >= 0.3 is 20.4 Å². The van der Waals surface area contributed by atoms with E-state index in [2.05, 4.69) is 5.32 Å².